The van der Waals surface area contributed by atoms with E-state index in [4.69, 9.17) is 0 Å². The Morgan fingerprint density at radius 3 is 2.40 bits per heavy atom. The smallest absolute Gasteiger partial charge is 0.351 e. The van der Waals surface area contributed by atoms with E-state index in [-0.39, 0.29) is 18.7 Å². The molecule has 126 valence electrons. The van der Waals surface area contributed by atoms with Gasteiger partial charge in [0, 0.05) is 18.5 Å². The molecule has 1 unspecified atom stereocenters. The van der Waals surface area contributed by atoms with Crippen LogP contribution in [0, 0.1) is 6.92 Å². The third kappa shape index (κ3) is 1.94. The minimum atomic E-state index is -1.72. The molecule has 1 fully saturated rings. The second-order valence-electron chi connectivity index (χ2n) is 6.34. The fourth-order valence-electron chi connectivity index (χ4n) is 3.72. The second kappa shape index (κ2) is 5.17. The lowest BCUT2D eigenvalue weighted by Gasteiger charge is -2.47. The highest BCUT2D eigenvalue weighted by molar-refractivity contribution is 6.22. The Labute approximate surface area is 144 Å². The van der Waals surface area contributed by atoms with E-state index < -0.39 is 17.5 Å². The zero-order chi connectivity index (χ0) is 17.8. The van der Waals surface area contributed by atoms with Crippen LogP contribution in [0.5, 0.6) is 0 Å². The van der Waals surface area contributed by atoms with Gasteiger partial charge in [0.2, 0.25) is 11.6 Å². The molecule has 6 heteroatoms. The van der Waals surface area contributed by atoms with Crippen LogP contribution >= 0.6 is 0 Å². The van der Waals surface area contributed by atoms with E-state index in [9.17, 15) is 19.5 Å². The summed E-state index contributed by atoms with van der Waals surface area (Å²) in [6, 6.07) is 13.7. The molecule has 2 aliphatic heterocycles. The number of rotatable bonds is 2. The lowest BCUT2D eigenvalue weighted by molar-refractivity contribution is -0.143. The number of para-hydroxylation sites is 1. The summed E-state index contributed by atoms with van der Waals surface area (Å²) in [5.41, 5.74) is 0.429. The van der Waals surface area contributed by atoms with Gasteiger partial charge in [-0.15, -0.1) is 0 Å². The van der Waals surface area contributed by atoms with Gasteiger partial charge in [0.05, 0.1) is 11.3 Å². The second-order valence-corrected chi connectivity index (χ2v) is 6.34. The first-order valence-electron chi connectivity index (χ1n) is 8.03. The quantitative estimate of drug-likeness (QED) is 0.914. The highest BCUT2D eigenvalue weighted by atomic mass is 16.4. The third-order valence-corrected chi connectivity index (χ3v) is 4.89. The number of carboxylic acid groups (broad SMARTS) is 1. The van der Waals surface area contributed by atoms with Crippen molar-refractivity contribution in [2.75, 3.05) is 9.80 Å². The summed E-state index contributed by atoms with van der Waals surface area (Å²) in [6.07, 6.45) is 0.130. The number of hydrogen-bond donors (Lipinski definition) is 1. The van der Waals surface area contributed by atoms with E-state index in [0.717, 1.165) is 5.56 Å². The summed E-state index contributed by atoms with van der Waals surface area (Å²) in [5.74, 6) is -1.91. The third-order valence-electron chi connectivity index (χ3n) is 4.89. The molecule has 2 aromatic carbocycles. The van der Waals surface area contributed by atoms with Crippen LogP contribution in [0.15, 0.2) is 48.5 Å². The van der Waals surface area contributed by atoms with Crippen molar-refractivity contribution >= 4 is 29.2 Å². The van der Waals surface area contributed by atoms with Gasteiger partial charge in [-0.05, 0) is 31.2 Å². The van der Waals surface area contributed by atoms with Gasteiger partial charge in [0.1, 0.15) is 0 Å². The van der Waals surface area contributed by atoms with Crippen LogP contribution in [0.25, 0.3) is 0 Å². The molecule has 0 saturated carbocycles. The van der Waals surface area contributed by atoms with Crippen molar-refractivity contribution in [1.82, 2.24) is 0 Å². The molecule has 0 spiro atoms. The highest BCUT2D eigenvalue weighted by Gasteiger charge is 2.61. The van der Waals surface area contributed by atoms with E-state index in [1.165, 1.54) is 9.80 Å². The van der Waals surface area contributed by atoms with Crippen LogP contribution in [0.3, 0.4) is 0 Å². The minimum Gasteiger partial charge on any atom is -0.478 e. The predicted molar refractivity (Wildman–Crippen MR) is 91.5 cm³/mol. The maximum atomic E-state index is 13.2. The lowest BCUT2D eigenvalue weighted by atomic mass is 9.95. The highest BCUT2D eigenvalue weighted by Crippen LogP contribution is 2.46. The van der Waals surface area contributed by atoms with Crippen LogP contribution in [0.2, 0.25) is 0 Å². The SMILES string of the molecule is Cc1ccc(N2C(=O)c3ccccc3N3C(=O)CCC23C(=O)O)cc1. The molecule has 2 aliphatic rings. The zero-order valence-corrected chi connectivity index (χ0v) is 13.6. The Hall–Kier alpha value is -3.15. The summed E-state index contributed by atoms with van der Waals surface area (Å²) < 4.78 is 0. The molecule has 4 rings (SSSR count). The summed E-state index contributed by atoms with van der Waals surface area (Å²) in [7, 11) is 0. The average Bonchev–Trinajstić information content (AvgIpc) is 2.95. The molecule has 1 atom stereocenters. The normalized spacial score (nSPS) is 22.0. The van der Waals surface area contributed by atoms with Crippen LogP contribution in [0.4, 0.5) is 11.4 Å². The van der Waals surface area contributed by atoms with Crippen molar-refractivity contribution in [3.63, 3.8) is 0 Å². The fraction of sp³-hybridized carbons (Fsp3) is 0.211. The maximum absolute atomic E-state index is 13.2. The zero-order valence-electron chi connectivity index (χ0n) is 13.6. The van der Waals surface area contributed by atoms with Crippen LogP contribution in [0.1, 0.15) is 28.8 Å². The standard InChI is InChI=1S/C19H16N2O4/c1-12-6-8-13(9-7-12)20-17(23)14-4-2-3-5-15(14)21-16(22)10-11-19(20,21)18(24)25/h2-9H,10-11H2,1H3,(H,24,25). The molecular weight excluding hydrogens is 320 g/mol. The van der Waals surface area contributed by atoms with E-state index in [1.54, 1.807) is 36.4 Å². The van der Waals surface area contributed by atoms with Crippen molar-refractivity contribution < 1.29 is 19.5 Å². The number of anilines is 2. The Bertz CT molecular complexity index is 906. The van der Waals surface area contributed by atoms with Gasteiger partial charge in [0.25, 0.3) is 5.91 Å². The van der Waals surface area contributed by atoms with Crippen molar-refractivity contribution in [2.45, 2.75) is 25.4 Å². The van der Waals surface area contributed by atoms with Gasteiger partial charge in [-0.2, -0.15) is 0 Å². The Morgan fingerprint density at radius 1 is 1.04 bits per heavy atom. The molecule has 0 aliphatic carbocycles. The first-order chi connectivity index (χ1) is 12.0. The summed E-state index contributed by atoms with van der Waals surface area (Å²) in [4.78, 5) is 40.6. The fourth-order valence-corrected chi connectivity index (χ4v) is 3.72. The maximum Gasteiger partial charge on any atom is 0.351 e. The molecule has 1 N–H and O–H groups in total. The Kier molecular flexibility index (Phi) is 3.18. The number of amides is 2. The molecule has 2 heterocycles. The van der Waals surface area contributed by atoms with Crippen molar-refractivity contribution in [1.29, 1.82) is 0 Å². The van der Waals surface area contributed by atoms with E-state index in [1.807, 2.05) is 19.1 Å². The first kappa shape index (κ1) is 15.4. The summed E-state index contributed by atoms with van der Waals surface area (Å²) >= 11 is 0. The minimum absolute atomic E-state index is 0.0507. The molecule has 6 nitrogen and oxygen atoms in total. The molecule has 1 saturated heterocycles. The molecule has 0 radical (unpaired) electrons. The number of benzene rings is 2. The van der Waals surface area contributed by atoms with Gasteiger partial charge in [0.15, 0.2) is 0 Å². The number of carboxylic acids is 1. The number of aryl methyl sites for hydroxylation is 1. The lowest BCUT2D eigenvalue weighted by Crippen LogP contribution is -2.68. The van der Waals surface area contributed by atoms with Gasteiger partial charge in [-0.25, -0.2) is 4.79 Å². The summed E-state index contributed by atoms with van der Waals surface area (Å²) in [5, 5.41) is 10.1. The Balaban J connectivity index is 2.02. The van der Waals surface area contributed by atoms with E-state index in [0.29, 0.717) is 16.9 Å². The van der Waals surface area contributed by atoms with Crippen LogP contribution < -0.4 is 9.80 Å². The number of nitrogens with zero attached hydrogens (tertiary/aromatic N) is 2. The molecule has 2 amide bonds. The van der Waals surface area contributed by atoms with Gasteiger partial charge in [-0.1, -0.05) is 29.8 Å². The van der Waals surface area contributed by atoms with Crippen molar-refractivity contribution in [3.8, 4) is 0 Å². The predicted octanol–water partition coefficient (Wildman–Crippen LogP) is 2.56. The number of aliphatic carboxylic acids is 1. The van der Waals surface area contributed by atoms with E-state index in [2.05, 4.69) is 0 Å². The number of hydrogen-bond acceptors (Lipinski definition) is 3. The average molecular weight is 336 g/mol. The largest absolute Gasteiger partial charge is 0.478 e. The van der Waals surface area contributed by atoms with Gasteiger partial charge >= 0.3 is 5.97 Å². The van der Waals surface area contributed by atoms with Crippen molar-refractivity contribution in [2.24, 2.45) is 0 Å². The van der Waals surface area contributed by atoms with Crippen molar-refractivity contribution in [3.05, 3.63) is 59.7 Å². The number of carbonyl (C=O) groups excluding carboxylic acids is 2. The van der Waals surface area contributed by atoms with Crippen LogP contribution in [-0.2, 0) is 9.59 Å². The number of carbonyl (C=O) groups is 3. The topological polar surface area (TPSA) is 77.9 Å². The van der Waals surface area contributed by atoms with Crippen LogP contribution in [-0.4, -0.2) is 28.6 Å². The Morgan fingerprint density at radius 2 is 1.72 bits per heavy atom. The van der Waals surface area contributed by atoms with E-state index >= 15 is 0 Å². The monoisotopic (exact) mass is 336 g/mol. The van der Waals surface area contributed by atoms with Gasteiger partial charge in [-0.3, -0.25) is 19.4 Å². The molecule has 2 aromatic rings. The molecular formula is C19H16N2O4. The first-order valence-corrected chi connectivity index (χ1v) is 8.03. The molecule has 0 bridgehead atoms. The molecule has 0 aromatic heterocycles. The summed E-state index contributed by atoms with van der Waals surface area (Å²) in [6.45, 7) is 1.91. The number of fused-ring (bicyclic) bond motifs is 3. The molecule has 25 heavy (non-hydrogen) atoms. The van der Waals surface area contributed by atoms with Gasteiger partial charge < -0.3 is 5.11 Å².